The topological polar surface area (TPSA) is 22.1 Å². The van der Waals surface area contributed by atoms with Crippen LogP contribution in [0.1, 0.15) is 0 Å². The fourth-order valence-electron chi connectivity index (χ4n) is 1.39. The van der Waals surface area contributed by atoms with Crippen LogP contribution in [-0.2, 0) is 0 Å². The minimum absolute atomic E-state index is 0.807. The van der Waals surface area contributed by atoms with Crippen molar-refractivity contribution in [3.05, 3.63) is 46.2 Å². The molecule has 0 atom stereocenters. The highest BCUT2D eigenvalue weighted by Crippen LogP contribution is 2.27. The van der Waals surface area contributed by atoms with Gasteiger partial charge in [0, 0.05) is 5.56 Å². The fraction of sp³-hybridized carbons (Fsp3) is 0.0833. The Hall–Kier alpha value is -1.10. The molecule has 0 saturated carbocycles. The maximum Gasteiger partial charge on any atom is 0.145 e. The highest BCUT2D eigenvalue weighted by Gasteiger charge is 2.06. The minimum Gasteiger partial charge on any atom is -0.494 e. The smallest absolute Gasteiger partial charge is 0.145 e. The van der Waals surface area contributed by atoms with Gasteiger partial charge < -0.3 is 4.74 Å². The van der Waals surface area contributed by atoms with Crippen molar-refractivity contribution in [1.82, 2.24) is 4.98 Å². The summed E-state index contributed by atoms with van der Waals surface area (Å²) in [7, 11) is 1.66. The SMILES string of the molecule is COc1ccc(I)nc1-c1ccccc1. The number of aromatic nitrogens is 1. The van der Waals surface area contributed by atoms with Gasteiger partial charge in [-0.25, -0.2) is 4.98 Å². The molecule has 76 valence electrons. The molecule has 3 heteroatoms. The lowest BCUT2D eigenvalue weighted by atomic mass is 10.1. The van der Waals surface area contributed by atoms with E-state index in [1.807, 2.05) is 42.5 Å². The van der Waals surface area contributed by atoms with Gasteiger partial charge in [0.05, 0.1) is 7.11 Å². The highest BCUT2D eigenvalue weighted by molar-refractivity contribution is 14.1. The molecule has 0 aliphatic heterocycles. The first-order chi connectivity index (χ1) is 7.31. The van der Waals surface area contributed by atoms with Crippen LogP contribution in [0.4, 0.5) is 0 Å². The second-order valence-corrected chi connectivity index (χ2v) is 4.16. The molecule has 15 heavy (non-hydrogen) atoms. The molecule has 0 radical (unpaired) electrons. The summed E-state index contributed by atoms with van der Waals surface area (Å²) in [4.78, 5) is 4.48. The molecule has 0 aliphatic carbocycles. The van der Waals surface area contributed by atoms with E-state index in [4.69, 9.17) is 4.74 Å². The predicted octanol–water partition coefficient (Wildman–Crippen LogP) is 3.36. The zero-order valence-electron chi connectivity index (χ0n) is 8.27. The average molecular weight is 311 g/mol. The Morgan fingerprint density at radius 1 is 1.07 bits per heavy atom. The number of hydrogen-bond acceptors (Lipinski definition) is 2. The minimum atomic E-state index is 0.807. The maximum absolute atomic E-state index is 5.29. The van der Waals surface area contributed by atoms with Crippen molar-refractivity contribution in [3.8, 4) is 17.0 Å². The van der Waals surface area contributed by atoms with Crippen molar-refractivity contribution in [3.63, 3.8) is 0 Å². The number of halogens is 1. The number of pyridine rings is 1. The maximum atomic E-state index is 5.29. The van der Waals surface area contributed by atoms with Crippen LogP contribution in [0.3, 0.4) is 0 Å². The van der Waals surface area contributed by atoms with Crippen molar-refractivity contribution < 1.29 is 4.74 Å². The van der Waals surface area contributed by atoms with Gasteiger partial charge in [0.1, 0.15) is 15.1 Å². The Labute approximate surface area is 102 Å². The predicted molar refractivity (Wildman–Crippen MR) is 68.9 cm³/mol. The lowest BCUT2D eigenvalue weighted by Gasteiger charge is -2.07. The van der Waals surface area contributed by atoms with Crippen LogP contribution in [0.5, 0.6) is 5.75 Å². The third kappa shape index (κ3) is 2.28. The van der Waals surface area contributed by atoms with Crippen molar-refractivity contribution in [2.45, 2.75) is 0 Å². The van der Waals surface area contributed by atoms with Crippen LogP contribution < -0.4 is 4.74 Å². The van der Waals surface area contributed by atoms with Crippen LogP contribution >= 0.6 is 22.6 Å². The third-order valence-electron chi connectivity index (χ3n) is 2.09. The number of rotatable bonds is 2. The number of methoxy groups -OCH3 is 1. The van der Waals surface area contributed by atoms with Crippen LogP contribution in [0.15, 0.2) is 42.5 Å². The molecule has 1 aromatic heterocycles. The molecule has 1 heterocycles. The summed E-state index contributed by atoms with van der Waals surface area (Å²) in [6.45, 7) is 0. The summed E-state index contributed by atoms with van der Waals surface area (Å²) in [5.74, 6) is 0.807. The van der Waals surface area contributed by atoms with Crippen LogP contribution in [0, 0.1) is 3.70 Å². The largest absolute Gasteiger partial charge is 0.494 e. The monoisotopic (exact) mass is 311 g/mol. The average Bonchev–Trinajstić information content (AvgIpc) is 2.30. The molecule has 0 fully saturated rings. The second kappa shape index (κ2) is 4.61. The van der Waals surface area contributed by atoms with Gasteiger partial charge in [-0.3, -0.25) is 0 Å². The molecule has 2 nitrogen and oxygen atoms in total. The zero-order valence-corrected chi connectivity index (χ0v) is 10.4. The van der Waals surface area contributed by atoms with E-state index in [1.165, 1.54) is 0 Å². The van der Waals surface area contributed by atoms with Crippen molar-refractivity contribution in [1.29, 1.82) is 0 Å². The Morgan fingerprint density at radius 2 is 1.80 bits per heavy atom. The molecule has 0 aliphatic rings. The van der Waals surface area contributed by atoms with Crippen LogP contribution in [0.2, 0.25) is 0 Å². The van der Waals surface area contributed by atoms with Crippen molar-refractivity contribution in [2.24, 2.45) is 0 Å². The lowest BCUT2D eigenvalue weighted by molar-refractivity contribution is 0.414. The van der Waals surface area contributed by atoms with E-state index in [0.29, 0.717) is 0 Å². The van der Waals surface area contributed by atoms with E-state index in [0.717, 1.165) is 20.7 Å². The van der Waals surface area contributed by atoms with Crippen molar-refractivity contribution in [2.75, 3.05) is 7.11 Å². The normalized spacial score (nSPS) is 10.0. The number of benzene rings is 1. The van der Waals surface area contributed by atoms with Gasteiger partial charge in [0.2, 0.25) is 0 Å². The number of hydrogen-bond donors (Lipinski definition) is 0. The molecule has 0 amide bonds. The number of ether oxygens (including phenoxy) is 1. The van der Waals surface area contributed by atoms with E-state index >= 15 is 0 Å². The molecule has 0 unspecified atom stereocenters. The van der Waals surface area contributed by atoms with Gasteiger partial charge in [-0.2, -0.15) is 0 Å². The molecule has 0 bridgehead atoms. The standard InChI is InChI=1S/C12H10INO/c1-15-10-7-8-11(13)14-12(10)9-5-3-2-4-6-9/h2-8H,1H3. The Kier molecular flexibility index (Phi) is 3.20. The first-order valence-corrected chi connectivity index (χ1v) is 5.65. The summed E-state index contributed by atoms with van der Waals surface area (Å²) >= 11 is 2.20. The van der Waals surface area contributed by atoms with Gasteiger partial charge in [-0.1, -0.05) is 30.3 Å². The molecule has 1 aromatic carbocycles. The first kappa shape index (κ1) is 10.4. The summed E-state index contributed by atoms with van der Waals surface area (Å²) in [6, 6.07) is 13.9. The van der Waals surface area contributed by atoms with Gasteiger partial charge in [-0.15, -0.1) is 0 Å². The molecule has 2 rings (SSSR count). The van der Waals surface area contributed by atoms with Gasteiger partial charge >= 0.3 is 0 Å². The van der Waals surface area contributed by atoms with E-state index in [9.17, 15) is 0 Å². The van der Waals surface area contributed by atoms with Crippen LogP contribution in [-0.4, -0.2) is 12.1 Å². The molecular weight excluding hydrogens is 301 g/mol. The Morgan fingerprint density at radius 3 is 2.47 bits per heavy atom. The summed E-state index contributed by atoms with van der Waals surface area (Å²) < 4.78 is 6.25. The Balaban J connectivity index is 2.56. The fourth-order valence-corrected chi connectivity index (χ4v) is 1.81. The summed E-state index contributed by atoms with van der Waals surface area (Å²) in [6.07, 6.45) is 0. The summed E-state index contributed by atoms with van der Waals surface area (Å²) in [5, 5.41) is 0. The zero-order chi connectivity index (χ0) is 10.7. The van der Waals surface area contributed by atoms with E-state index in [-0.39, 0.29) is 0 Å². The molecule has 0 N–H and O–H groups in total. The second-order valence-electron chi connectivity index (χ2n) is 3.05. The highest BCUT2D eigenvalue weighted by atomic mass is 127. The van der Waals surface area contributed by atoms with Crippen molar-refractivity contribution >= 4 is 22.6 Å². The van der Waals surface area contributed by atoms with Crippen LogP contribution in [0.25, 0.3) is 11.3 Å². The van der Waals surface area contributed by atoms with Gasteiger partial charge in [0.25, 0.3) is 0 Å². The molecule has 0 spiro atoms. The molecule has 2 aromatic rings. The lowest BCUT2D eigenvalue weighted by Crippen LogP contribution is -1.92. The molecular formula is C12H10INO. The third-order valence-corrected chi connectivity index (χ3v) is 2.69. The number of nitrogens with zero attached hydrogens (tertiary/aromatic N) is 1. The van der Waals surface area contributed by atoms with Gasteiger partial charge in [0.15, 0.2) is 0 Å². The summed E-state index contributed by atoms with van der Waals surface area (Å²) in [5.41, 5.74) is 1.97. The molecule has 0 saturated heterocycles. The van der Waals surface area contributed by atoms with Gasteiger partial charge in [-0.05, 0) is 34.7 Å². The van der Waals surface area contributed by atoms with E-state index in [2.05, 4.69) is 27.6 Å². The first-order valence-electron chi connectivity index (χ1n) is 4.57. The Bertz CT molecular complexity index is 456. The quantitative estimate of drug-likeness (QED) is 0.627. The van der Waals surface area contributed by atoms with E-state index in [1.54, 1.807) is 7.11 Å². The van der Waals surface area contributed by atoms with E-state index < -0.39 is 0 Å².